The number of nitrogens with zero attached hydrogens (tertiary/aromatic N) is 1. The van der Waals surface area contributed by atoms with Gasteiger partial charge in [0.05, 0.1) is 0 Å². The Kier molecular flexibility index (Phi) is 3.12. The van der Waals surface area contributed by atoms with Crippen molar-refractivity contribution in [2.24, 2.45) is 7.05 Å². The van der Waals surface area contributed by atoms with Gasteiger partial charge in [-0.2, -0.15) is 0 Å². The van der Waals surface area contributed by atoms with E-state index in [9.17, 15) is 0 Å². The van der Waals surface area contributed by atoms with Crippen LogP contribution in [0.3, 0.4) is 0 Å². The quantitative estimate of drug-likeness (QED) is 0.768. The van der Waals surface area contributed by atoms with E-state index in [0.29, 0.717) is 6.61 Å². The molecule has 2 rings (SSSR count). The zero-order chi connectivity index (χ0) is 10.7. The Morgan fingerprint density at radius 2 is 2.33 bits per heavy atom. The molecule has 1 aliphatic rings. The molecule has 0 saturated heterocycles. The number of aliphatic hydroxyl groups is 1. The molecule has 1 aromatic heterocycles. The topological polar surface area (TPSA) is 37.2 Å². The van der Waals surface area contributed by atoms with Crippen LogP contribution in [0.4, 0.5) is 0 Å². The number of aryl methyl sites for hydroxylation is 1. The molecule has 0 unspecified atom stereocenters. The van der Waals surface area contributed by atoms with Crippen LogP contribution in [0.15, 0.2) is 18.5 Å². The normalized spacial score (nSPS) is 18.8. The highest BCUT2D eigenvalue weighted by atomic mass is 16.3. The van der Waals surface area contributed by atoms with Crippen LogP contribution in [0.25, 0.3) is 0 Å². The molecule has 1 aromatic rings. The van der Waals surface area contributed by atoms with Gasteiger partial charge in [0.25, 0.3) is 0 Å². The van der Waals surface area contributed by atoms with Crippen molar-refractivity contribution in [2.45, 2.75) is 37.8 Å². The number of hydrogen-bond donors (Lipinski definition) is 2. The summed E-state index contributed by atoms with van der Waals surface area (Å²) in [6.45, 7) is 1.21. The Morgan fingerprint density at radius 3 is 2.80 bits per heavy atom. The molecule has 0 amide bonds. The van der Waals surface area contributed by atoms with Gasteiger partial charge in [0.2, 0.25) is 0 Å². The van der Waals surface area contributed by atoms with E-state index in [0.717, 1.165) is 13.0 Å². The monoisotopic (exact) mass is 208 g/mol. The largest absolute Gasteiger partial charge is 0.396 e. The Morgan fingerprint density at radius 1 is 1.53 bits per heavy atom. The predicted molar refractivity (Wildman–Crippen MR) is 60.5 cm³/mol. The van der Waals surface area contributed by atoms with Gasteiger partial charge >= 0.3 is 0 Å². The van der Waals surface area contributed by atoms with Crippen molar-refractivity contribution >= 4 is 0 Å². The molecule has 84 valence electrons. The van der Waals surface area contributed by atoms with Gasteiger partial charge in [-0.1, -0.05) is 0 Å². The summed E-state index contributed by atoms with van der Waals surface area (Å²) >= 11 is 0. The summed E-state index contributed by atoms with van der Waals surface area (Å²) in [6.07, 6.45) is 8.80. The van der Waals surface area contributed by atoms with Gasteiger partial charge < -0.3 is 15.0 Å². The third kappa shape index (κ3) is 2.41. The second-order valence-electron chi connectivity index (χ2n) is 4.65. The highest BCUT2D eigenvalue weighted by Gasteiger charge is 2.35. The summed E-state index contributed by atoms with van der Waals surface area (Å²) < 4.78 is 2.07. The van der Waals surface area contributed by atoms with Crippen LogP contribution in [0.2, 0.25) is 0 Å². The van der Waals surface area contributed by atoms with Crippen LogP contribution in [0.5, 0.6) is 0 Å². The van der Waals surface area contributed by atoms with Crippen molar-refractivity contribution in [2.75, 3.05) is 6.61 Å². The Balaban J connectivity index is 1.86. The van der Waals surface area contributed by atoms with Crippen molar-refractivity contribution in [1.82, 2.24) is 9.88 Å². The molecular formula is C12H20N2O. The SMILES string of the molecule is Cn1ccc(CNC2(CCO)CCC2)c1. The van der Waals surface area contributed by atoms with Crippen molar-refractivity contribution < 1.29 is 5.11 Å². The Labute approximate surface area is 91.1 Å². The maximum Gasteiger partial charge on any atom is 0.0448 e. The minimum absolute atomic E-state index is 0.227. The molecule has 0 bridgehead atoms. The molecule has 1 aliphatic carbocycles. The summed E-state index contributed by atoms with van der Waals surface area (Å²) in [5.41, 5.74) is 1.55. The van der Waals surface area contributed by atoms with E-state index in [1.165, 1.54) is 24.8 Å². The van der Waals surface area contributed by atoms with Gasteiger partial charge in [0, 0.05) is 38.1 Å². The lowest BCUT2D eigenvalue weighted by Crippen LogP contribution is -2.51. The summed E-state index contributed by atoms with van der Waals surface area (Å²) in [4.78, 5) is 0. The average molecular weight is 208 g/mol. The number of aliphatic hydroxyl groups excluding tert-OH is 1. The van der Waals surface area contributed by atoms with Crippen molar-refractivity contribution in [3.8, 4) is 0 Å². The van der Waals surface area contributed by atoms with E-state index in [1.54, 1.807) is 0 Å². The van der Waals surface area contributed by atoms with E-state index >= 15 is 0 Å². The lowest BCUT2D eigenvalue weighted by atomic mass is 9.74. The Bertz CT molecular complexity index is 315. The maximum absolute atomic E-state index is 9.02. The van der Waals surface area contributed by atoms with Crippen LogP contribution >= 0.6 is 0 Å². The molecule has 0 atom stereocenters. The second-order valence-corrected chi connectivity index (χ2v) is 4.65. The lowest BCUT2D eigenvalue weighted by Gasteiger charge is -2.42. The second kappa shape index (κ2) is 4.37. The number of rotatable bonds is 5. The van der Waals surface area contributed by atoms with Crippen molar-refractivity contribution in [1.29, 1.82) is 0 Å². The molecule has 15 heavy (non-hydrogen) atoms. The van der Waals surface area contributed by atoms with Gasteiger partial charge in [0.15, 0.2) is 0 Å². The molecule has 3 nitrogen and oxygen atoms in total. The number of aromatic nitrogens is 1. The van der Waals surface area contributed by atoms with E-state index in [2.05, 4.69) is 28.3 Å². The predicted octanol–water partition coefficient (Wildman–Crippen LogP) is 1.42. The van der Waals surface area contributed by atoms with Crippen LogP contribution < -0.4 is 5.32 Å². The summed E-state index contributed by atoms with van der Waals surface area (Å²) in [5.74, 6) is 0. The molecule has 1 heterocycles. The summed E-state index contributed by atoms with van der Waals surface area (Å²) in [7, 11) is 2.04. The third-order valence-electron chi connectivity index (χ3n) is 3.46. The zero-order valence-electron chi connectivity index (χ0n) is 9.37. The average Bonchev–Trinajstić information content (AvgIpc) is 2.56. The summed E-state index contributed by atoms with van der Waals surface area (Å²) in [6, 6.07) is 2.14. The van der Waals surface area contributed by atoms with E-state index in [1.807, 2.05) is 7.05 Å². The smallest absolute Gasteiger partial charge is 0.0448 e. The van der Waals surface area contributed by atoms with Crippen LogP contribution in [-0.4, -0.2) is 21.8 Å². The highest BCUT2D eigenvalue weighted by Crippen LogP contribution is 2.34. The molecule has 0 radical (unpaired) electrons. The fourth-order valence-electron chi connectivity index (χ4n) is 2.29. The van der Waals surface area contributed by atoms with Crippen LogP contribution in [0, 0.1) is 0 Å². The minimum Gasteiger partial charge on any atom is -0.396 e. The van der Waals surface area contributed by atoms with E-state index in [-0.39, 0.29) is 5.54 Å². The maximum atomic E-state index is 9.02. The number of nitrogens with one attached hydrogen (secondary N) is 1. The minimum atomic E-state index is 0.227. The highest BCUT2D eigenvalue weighted by molar-refractivity contribution is 5.11. The van der Waals surface area contributed by atoms with Gasteiger partial charge in [-0.15, -0.1) is 0 Å². The molecule has 1 fully saturated rings. The van der Waals surface area contributed by atoms with Gasteiger partial charge in [0.1, 0.15) is 0 Å². The van der Waals surface area contributed by atoms with Crippen LogP contribution in [-0.2, 0) is 13.6 Å². The fraction of sp³-hybridized carbons (Fsp3) is 0.667. The first-order chi connectivity index (χ1) is 7.24. The first kappa shape index (κ1) is 10.7. The van der Waals surface area contributed by atoms with Crippen molar-refractivity contribution in [3.05, 3.63) is 24.0 Å². The van der Waals surface area contributed by atoms with Crippen LogP contribution in [0.1, 0.15) is 31.2 Å². The zero-order valence-corrected chi connectivity index (χ0v) is 9.37. The van der Waals surface area contributed by atoms with Gasteiger partial charge in [-0.05, 0) is 37.3 Å². The standard InChI is InChI=1S/C12H20N2O/c1-14-7-3-11(10-14)9-13-12(6-8-15)4-2-5-12/h3,7,10,13,15H,2,4-6,8-9H2,1H3. The Hall–Kier alpha value is -0.800. The summed E-state index contributed by atoms with van der Waals surface area (Å²) in [5, 5.41) is 12.6. The molecule has 1 saturated carbocycles. The fourth-order valence-corrected chi connectivity index (χ4v) is 2.29. The van der Waals surface area contributed by atoms with Gasteiger partial charge in [-0.3, -0.25) is 0 Å². The molecular weight excluding hydrogens is 188 g/mol. The molecule has 2 N–H and O–H groups in total. The third-order valence-corrected chi connectivity index (χ3v) is 3.46. The first-order valence-electron chi connectivity index (χ1n) is 5.71. The number of hydrogen-bond acceptors (Lipinski definition) is 2. The molecule has 3 heteroatoms. The molecule has 0 aromatic carbocycles. The van der Waals surface area contributed by atoms with E-state index in [4.69, 9.17) is 5.11 Å². The molecule has 0 spiro atoms. The van der Waals surface area contributed by atoms with E-state index < -0.39 is 0 Å². The molecule has 0 aliphatic heterocycles. The first-order valence-corrected chi connectivity index (χ1v) is 5.71. The lowest BCUT2D eigenvalue weighted by molar-refractivity contribution is 0.130. The van der Waals surface area contributed by atoms with Crippen molar-refractivity contribution in [3.63, 3.8) is 0 Å². The van der Waals surface area contributed by atoms with Gasteiger partial charge in [-0.25, -0.2) is 0 Å².